The maximum absolute atomic E-state index is 13.5. The van der Waals surface area contributed by atoms with Gasteiger partial charge in [0.15, 0.2) is 0 Å². The largest absolute Gasteiger partial charge is 0.416 e. The predicted molar refractivity (Wildman–Crippen MR) is 114 cm³/mol. The van der Waals surface area contributed by atoms with Crippen molar-refractivity contribution in [1.29, 1.82) is 10.5 Å². The van der Waals surface area contributed by atoms with E-state index in [4.69, 9.17) is 5.26 Å². The Hall–Kier alpha value is -4.31. The summed E-state index contributed by atoms with van der Waals surface area (Å²) in [5.41, 5.74) is -0.463. The van der Waals surface area contributed by atoms with Crippen LogP contribution in [0.3, 0.4) is 0 Å². The summed E-state index contributed by atoms with van der Waals surface area (Å²) >= 11 is 0. The van der Waals surface area contributed by atoms with Gasteiger partial charge in [0, 0.05) is 24.2 Å². The normalized spacial score (nSPS) is 15.0. The first-order valence-electron chi connectivity index (χ1n) is 10.3. The molecule has 1 unspecified atom stereocenters. The average molecular weight is 462 g/mol. The van der Waals surface area contributed by atoms with Crippen molar-refractivity contribution in [2.24, 2.45) is 0 Å². The zero-order chi connectivity index (χ0) is 24.5. The Morgan fingerprint density at radius 3 is 2.44 bits per heavy atom. The fraction of sp³-hybridized carbons (Fsp3) is 0.250. The molecule has 0 bridgehead atoms. The van der Waals surface area contributed by atoms with Crippen molar-refractivity contribution < 1.29 is 18.0 Å². The number of hydrogen-bond acceptors (Lipinski definition) is 6. The van der Waals surface area contributed by atoms with Gasteiger partial charge >= 0.3 is 6.18 Å². The standard InChI is InChI=1S/C24H17F3N6O/c1-14(20-21(31-7-6-30-20)19-3-2-15(11-28)12-32-19)33-22(34)16-8-17(23(13-29)4-5-23)10-18(9-16)24(25,26)27/h2-3,6-10,12,14H,4-5H2,1H3,(H,33,34). The number of pyridine rings is 1. The number of carbonyl (C=O) groups is 1. The fourth-order valence-corrected chi connectivity index (χ4v) is 3.60. The molecular weight excluding hydrogens is 445 g/mol. The van der Waals surface area contributed by atoms with E-state index in [-0.39, 0.29) is 11.1 Å². The zero-order valence-corrected chi connectivity index (χ0v) is 17.9. The van der Waals surface area contributed by atoms with Gasteiger partial charge in [0.05, 0.1) is 40.0 Å². The molecular formula is C24H17F3N6O. The lowest BCUT2D eigenvalue weighted by Crippen LogP contribution is -2.28. The lowest BCUT2D eigenvalue weighted by atomic mass is 9.93. The van der Waals surface area contributed by atoms with Crippen molar-refractivity contribution in [3.8, 4) is 23.5 Å². The van der Waals surface area contributed by atoms with Crippen molar-refractivity contribution in [3.63, 3.8) is 0 Å². The van der Waals surface area contributed by atoms with Crippen molar-refractivity contribution >= 4 is 5.91 Å². The van der Waals surface area contributed by atoms with Crippen LogP contribution in [0.4, 0.5) is 13.2 Å². The number of carbonyl (C=O) groups excluding carboxylic acids is 1. The second-order valence-electron chi connectivity index (χ2n) is 8.02. The molecule has 34 heavy (non-hydrogen) atoms. The van der Waals surface area contributed by atoms with Crippen LogP contribution in [0.25, 0.3) is 11.4 Å². The fourth-order valence-electron chi connectivity index (χ4n) is 3.60. The van der Waals surface area contributed by atoms with Gasteiger partial charge in [-0.3, -0.25) is 19.7 Å². The molecule has 1 amide bonds. The van der Waals surface area contributed by atoms with E-state index in [1.165, 1.54) is 24.7 Å². The Morgan fingerprint density at radius 2 is 1.85 bits per heavy atom. The number of alkyl halides is 3. The van der Waals surface area contributed by atoms with Crippen LogP contribution in [0.1, 0.15) is 58.5 Å². The highest BCUT2D eigenvalue weighted by molar-refractivity contribution is 5.95. The topological polar surface area (TPSA) is 115 Å². The summed E-state index contributed by atoms with van der Waals surface area (Å²) in [6.45, 7) is 1.63. The Balaban J connectivity index is 1.65. The van der Waals surface area contributed by atoms with Gasteiger partial charge < -0.3 is 5.32 Å². The average Bonchev–Trinajstić information content (AvgIpc) is 3.65. The van der Waals surface area contributed by atoms with Gasteiger partial charge in [0.25, 0.3) is 5.91 Å². The number of amides is 1. The molecule has 1 aliphatic carbocycles. The van der Waals surface area contributed by atoms with Gasteiger partial charge in [0.2, 0.25) is 0 Å². The Kier molecular flexibility index (Phi) is 5.76. The first-order valence-corrected chi connectivity index (χ1v) is 10.3. The molecule has 10 heteroatoms. The lowest BCUT2D eigenvalue weighted by molar-refractivity contribution is -0.137. The van der Waals surface area contributed by atoms with Crippen LogP contribution in [0.2, 0.25) is 0 Å². The van der Waals surface area contributed by atoms with E-state index in [0.29, 0.717) is 35.5 Å². The molecule has 0 spiro atoms. The minimum atomic E-state index is -4.67. The molecule has 0 saturated heterocycles. The van der Waals surface area contributed by atoms with Crippen molar-refractivity contribution in [2.75, 3.05) is 0 Å². The number of benzene rings is 1. The predicted octanol–water partition coefficient (Wildman–Crippen LogP) is 4.48. The van der Waals surface area contributed by atoms with Crippen LogP contribution >= 0.6 is 0 Å². The Bertz CT molecular complexity index is 1330. The lowest BCUT2D eigenvalue weighted by Gasteiger charge is -2.18. The third-order valence-corrected chi connectivity index (χ3v) is 5.66. The maximum Gasteiger partial charge on any atom is 0.416 e. The number of rotatable bonds is 5. The molecule has 3 aromatic rings. The van der Waals surface area contributed by atoms with Gasteiger partial charge in [-0.15, -0.1) is 0 Å². The van der Waals surface area contributed by atoms with E-state index < -0.39 is 29.1 Å². The summed E-state index contributed by atoms with van der Waals surface area (Å²) in [4.78, 5) is 25.7. The quantitative estimate of drug-likeness (QED) is 0.598. The van der Waals surface area contributed by atoms with Crippen LogP contribution in [0, 0.1) is 22.7 Å². The first-order chi connectivity index (χ1) is 16.2. The number of hydrogen-bond donors (Lipinski definition) is 1. The molecule has 2 aromatic heterocycles. The molecule has 1 saturated carbocycles. The van der Waals surface area contributed by atoms with Gasteiger partial charge in [-0.25, -0.2) is 0 Å². The van der Waals surface area contributed by atoms with Crippen molar-refractivity contribution in [1.82, 2.24) is 20.3 Å². The number of halogens is 3. The molecule has 2 heterocycles. The molecule has 0 aliphatic heterocycles. The first kappa shape index (κ1) is 22.9. The molecule has 1 aliphatic rings. The molecule has 1 atom stereocenters. The van der Waals surface area contributed by atoms with E-state index in [9.17, 15) is 23.2 Å². The Morgan fingerprint density at radius 1 is 1.12 bits per heavy atom. The second kappa shape index (κ2) is 8.56. The summed E-state index contributed by atoms with van der Waals surface area (Å²) in [6, 6.07) is 9.53. The maximum atomic E-state index is 13.5. The third kappa shape index (κ3) is 4.44. The zero-order valence-electron chi connectivity index (χ0n) is 17.9. The number of aromatic nitrogens is 3. The van der Waals surface area contributed by atoms with Crippen LogP contribution in [0.5, 0.6) is 0 Å². The molecule has 4 rings (SSSR count). The minimum Gasteiger partial charge on any atom is -0.344 e. The van der Waals surface area contributed by atoms with E-state index >= 15 is 0 Å². The second-order valence-corrected chi connectivity index (χ2v) is 8.02. The molecule has 7 nitrogen and oxygen atoms in total. The smallest absolute Gasteiger partial charge is 0.344 e. The van der Waals surface area contributed by atoms with E-state index in [2.05, 4.69) is 26.3 Å². The van der Waals surface area contributed by atoms with Gasteiger partial charge in [0.1, 0.15) is 11.8 Å². The SMILES string of the molecule is CC(NC(=O)c1cc(C(F)(F)F)cc(C2(C#N)CC2)c1)c1nccnc1-c1ccc(C#N)cn1. The molecule has 1 N–H and O–H groups in total. The summed E-state index contributed by atoms with van der Waals surface area (Å²) in [5, 5.41) is 21.1. The van der Waals surface area contributed by atoms with Crippen LogP contribution < -0.4 is 5.32 Å². The molecule has 1 fully saturated rings. The van der Waals surface area contributed by atoms with Crippen LogP contribution in [-0.4, -0.2) is 20.9 Å². The van der Waals surface area contributed by atoms with Crippen molar-refractivity contribution in [2.45, 2.75) is 37.4 Å². The van der Waals surface area contributed by atoms with E-state index in [0.717, 1.165) is 12.1 Å². The monoisotopic (exact) mass is 462 g/mol. The number of nitriles is 2. The van der Waals surface area contributed by atoms with Crippen LogP contribution in [0.15, 0.2) is 48.9 Å². The number of nitrogens with zero attached hydrogens (tertiary/aromatic N) is 5. The summed E-state index contributed by atoms with van der Waals surface area (Å²) in [7, 11) is 0. The van der Waals surface area contributed by atoms with Gasteiger partial charge in [-0.05, 0) is 55.7 Å². The number of nitrogens with one attached hydrogen (secondary N) is 1. The minimum absolute atomic E-state index is 0.185. The summed E-state index contributed by atoms with van der Waals surface area (Å²) in [6.07, 6.45) is 0.484. The third-order valence-electron chi connectivity index (χ3n) is 5.66. The molecule has 1 aromatic carbocycles. The highest BCUT2D eigenvalue weighted by Gasteiger charge is 2.46. The van der Waals surface area contributed by atoms with Crippen molar-refractivity contribution in [3.05, 3.63) is 76.9 Å². The van der Waals surface area contributed by atoms with E-state index in [1.54, 1.807) is 19.1 Å². The highest BCUT2D eigenvalue weighted by Crippen LogP contribution is 2.48. The highest BCUT2D eigenvalue weighted by atomic mass is 19.4. The summed E-state index contributed by atoms with van der Waals surface area (Å²) in [5.74, 6) is -0.738. The van der Waals surface area contributed by atoms with E-state index in [1.807, 2.05) is 6.07 Å². The Labute approximate surface area is 192 Å². The summed E-state index contributed by atoms with van der Waals surface area (Å²) < 4.78 is 40.5. The van der Waals surface area contributed by atoms with Gasteiger partial charge in [-0.1, -0.05) is 0 Å². The molecule has 0 radical (unpaired) electrons. The van der Waals surface area contributed by atoms with Crippen LogP contribution in [-0.2, 0) is 11.6 Å². The molecule has 170 valence electrons. The van der Waals surface area contributed by atoms with Gasteiger partial charge in [-0.2, -0.15) is 23.7 Å².